The van der Waals surface area contributed by atoms with Crippen molar-refractivity contribution >= 4 is 29.4 Å². The molecule has 1 atom stereocenters. The molecule has 198 valence electrons. The number of urea groups is 1. The first kappa shape index (κ1) is 27.4. The molecular weight excluding hydrogens is 502 g/mol. The number of aromatic nitrogens is 1. The summed E-state index contributed by atoms with van der Waals surface area (Å²) in [7, 11) is 1.31. The monoisotopic (exact) mass is 525 g/mol. The summed E-state index contributed by atoms with van der Waals surface area (Å²) >= 11 is 0. The van der Waals surface area contributed by atoms with Crippen molar-refractivity contribution < 1.29 is 36.7 Å². The van der Waals surface area contributed by atoms with Crippen LogP contribution in [0.1, 0.15) is 35.7 Å². The van der Waals surface area contributed by atoms with E-state index in [9.17, 15) is 41.5 Å². The Morgan fingerprint density at radius 1 is 1.08 bits per heavy atom. The lowest BCUT2D eigenvalue weighted by molar-refractivity contribution is -0.137. The van der Waals surface area contributed by atoms with E-state index < -0.39 is 64.5 Å². The minimum atomic E-state index is -4.79. The molecule has 0 radical (unpaired) electrons. The number of rotatable bonds is 8. The summed E-state index contributed by atoms with van der Waals surface area (Å²) in [6.45, 7) is 0.881. The number of benzene rings is 1. The lowest BCUT2D eigenvalue weighted by Gasteiger charge is -2.34. The van der Waals surface area contributed by atoms with E-state index in [2.05, 4.69) is 15.6 Å². The lowest BCUT2D eigenvalue weighted by Crippen LogP contribution is -2.52. The first-order chi connectivity index (χ1) is 17.3. The van der Waals surface area contributed by atoms with Gasteiger partial charge in [-0.3, -0.25) is 29.0 Å². The summed E-state index contributed by atoms with van der Waals surface area (Å²) in [4.78, 5) is 66.2. The van der Waals surface area contributed by atoms with Crippen LogP contribution in [0, 0.1) is 5.82 Å². The number of pyridine rings is 1. The molecule has 1 fully saturated rings. The Bertz CT molecular complexity index is 1270. The van der Waals surface area contributed by atoms with Gasteiger partial charge in [-0.15, -0.1) is 0 Å². The maximum Gasteiger partial charge on any atom is 0.416 e. The van der Waals surface area contributed by atoms with Gasteiger partial charge in [-0.25, -0.2) is 9.18 Å². The van der Waals surface area contributed by atoms with E-state index in [1.54, 1.807) is 6.92 Å². The highest BCUT2D eigenvalue weighted by molar-refractivity contribution is 6.16. The smallest absolute Gasteiger partial charge is 0.354 e. The number of aromatic amines is 1. The van der Waals surface area contributed by atoms with Crippen molar-refractivity contribution in [2.75, 3.05) is 25.0 Å². The second kappa shape index (κ2) is 10.4. The summed E-state index contributed by atoms with van der Waals surface area (Å²) < 4.78 is 52.4. The molecule has 0 spiro atoms. The zero-order chi connectivity index (χ0) is 27.5. The van der Waals surface area contributed by atoms with Crippen LogP contribution in [0.5, 0.6) is 0 Å². The zero-order valence-electron chi connectivity index (χ0n) is 19.7. The van der Waals surface area contributed by atoms with Crippen LogP contribution < -0.4 is 21.1 Å². The second-order valence-corrected chi connectivity index (χ2v) is 8.25. The number of H-pyrrole nitrogens is 1. The molecular formula is C23H23F4N5O5. The van der Waals surface area contributed by atoms with Crippen LogP contribution in [-0.4, -0.2) is 59.3 Å². The van der Waals surface area contributed by atoms with Crippen molar-refractivity contribution in [1.82, 2.24) is 20.5 Å². The number of likely N-dealkylation sites (N-methyl/N-ethyl adjacent to an activating group) is 1. The first-order valence-electron chi connectivity index (χ1n) is 11.0. The third-order valence-electron chi connectivity index (χ3n) is 6.03. The molecule has 2 heterocycles. The number of hydrogen-bond donors (Lipinski definition) is 3. The molecule has 5 amide bonds. The maximum atomic E-state index is 13.9. The number of nitrogens with one attached hydrogen (secondary N) is 3. The topological polar surface area (TPSA) is 132 Å². The fraction of sp³-hybridized carbons (Fsp3) is 0.348. The van der Waals surface area contributed by atoms with Gasteiger partial charge in [-0.1, -0.05) is 6.92 Å². The van der Waals surface area contributed by atoms with Crippen molar-refractivity contribution in [3.8, 4) is 0 Å². The highest BCUT2D eigenvalue weighted by Crippen LogP contribution is 2.37. The third kappa shape index (κ3) is 5.47. The van der Waals surface area contributed by atoms with E-state index in [1.165, 1.54) is 30.3 Å². The highest BCUT2D eigenvalue weighted by Gasteiger charge is 2.55. The molecule has 0 saturated carbocycles. The van der Waals surface area contributed by atoms with Crippen LogP contribution in [-0.2, 0) is 15.8 Å². The van der Waals surface area contributed by atoms with E-state index in [0.717, 1.165) is 4.90 Å². The van der Waals surface area contributed by atoms with Gasteiger partial charge in [0, 0.05) is 25.9 Å². The van der Waals surface area contributed by atoms with Gasteiger partial charge in [0.2, 0.25) is 11.5 Å². The standard InChI is InChI=1S/C23H23F4N5O5/c1-3-22(20(36)31(2)21(37)32(22)14-5-7-17(33)29-11-14)8-9-28-18(34)12-30-19(35)15-10-13(23(25,26)27)4-6-16(15)24/h4-7,10-11H,3,8-9,12H2,1-2H3,(H,28,34)(H,29,33)(H,30,35). The molecule has 14 heteroatoms. The normalized spacial score (nSPS) is 17.8. The van der Waals surface area contributed by atoms with Crippen molar-refractivity contribution in [2.24, 2.45) is 0 Å². The van der Waals surface area contributed by atoms with Gasteiger partial charge >= 0.3 is 12.2 Å². The number of amides is 5. The summed E-state index contributed by atoms with van der Waals surface area (Å²) in [5.41, 5.74) is -3.60. The van der Waals surface area contributed by atoms with E-state index >= 15 is 0 Å². The highest BCUT2D eigenvalue weighted by atomic mass is 19.4. The Labute approximate surface area is 207 Å². The van der Waals surface area contributed by atoms with Crippen LogP contribution in [0.15, 0.2) is 41.3 Å². The van der Waals surface area contributed by atoms with Crippen LogP contribution in [0.4, 0.5) is 28.0 Å². The number of imide groups is 1. The van der Waals surface area contributed by atoms with Crippen LogP contribution in [0.25, 0.3) is 0 Å². The summed E-state index contributed by atoms with van der Waals surface area (Å²) in [6.07, 6.45) is -3.36. The van der Waals surface area contributed by atoms with E-state index in [0.29, 0.717) is 18.2 Å². The number of carbonyl (C=O) groups is 4. The van der Waals surface area contributed by atoms with Gasteiger partial charge in [0.05, 0.1) is 23.4 Å². The number of alkyl halides is 3. The largest absolute Gasteiger partial charge is 0.416 e. The Hall–Kier alpha value is -4.23. The Balaban J connectivity index is 1.65. The molecule has 37 heavy (non-hydrogen) atoms. The van der Waals surface area contributed by atoms with E-state index in [-0.39, 0.29) is 25.1 Å². The lowest BCUT2D eigenvalue weighted by atomic mass is 9.89. The van der Waals surface area contributed by atoms with E-state index in [1.807, 2.05) is 0 Å². The number of halogens is 4. The Morgan fingerprint density at radius 2 is 1.78 bits per heavy atom. The minimum Gasteiger partial charge on any atom is -0.354 e. The molecule has 10 nitrogen and oxygen atoms in total. The van der Waals surface area contributed by atoms with Crippen LogP contribution >= 0.6 is 0 Å². The Morgan fingerprint density at radius 3 is 2.38 bits per heavy atom. The molecule has 1 aromatic heterocycles. The van der Waals surface area contributed by atoms with Crippen molar-refractivity contribution in [1.29, 1.82) is 0 Å². The molecule has 1 aliphatic heterocycles. The first-order valence-corrected chi connectivity index (χ1v) is 11.0. The Kier molecular flexibility index (Phi) is 7.69. The zero-order valence-corrected chi connectivity index (χ0v) is 19.7. The van der Waals surface area contributed by atoms with Gasteiger partial charge in [0.1, 0.15) is 11.4 Å². The van der Waals surface area contributed by atoms with E-state index in [4.69, 9.17) is 0 Å². The summed E-state index contributed by atoms with van der Waals surface area (Å²) in [6, 6.07) is 3.30. The minimum absolute atomic E-state index is 0.0283. The van der Waals surface area contributed by atoms with Gasteiger partial charge < -0.3 is 15.6 Å². The van der Waals surface area contributed by atoms with Gasteiger partial charge in [0.25, 0.3) is 11.8 Å². The van der Waals surface area contributed by atoms with Crippen LogP contribution in [0.3, 0.4) is 0 Å². The van der Waals surface area contributed by atoms with Crippen LogP contribution in [0.2, 0.25) is 0 Å². The molecule has 1 aromatic carbocycles. The predicted molar refractivity (Wildman–Crippen MR) is 122 cm³/mol. The molecule has 1 saturated heterocycles. The fourth-order valence-electron chi connectivity index (χ4n) is 4.03. The fourth-order valence-corrected chi connectivity index (χ4v) is 4.03. The summed E-state index contributed by atoms with van der Waals surface area (Å²) in [5.74, 6) is -3.68. The van der Waals surface area contributed by atoms with Crippen molar-refractivity contribution in [2.45, 2.75) is 31.5 Å². The molecule has 2 aromatic rings. The number of nitrogens with zero attached hydrogens (tertiary/aromatic N) is 2. The number of carbonyl (C=O) groups excluding carboxylic acids is 4. The molecule has 1 unspecified atom stereocenters. The average molecular weight is 525 g/mol. The number of hydrogen-bond acceptors (Lipinski definition) is 5. The molecule has 1 aliphatic rings. The molecule has 0 bridgehead atoms. The predicted octanol–water partition coefficient (Wildman–Crippen LogP) is 2.02. The maximum absolute atomic E-state index is 13.9. The third-order valence-corrected chi connectivity index (χ3v) is 6.03. The number of anilines is 1. The SMILES string of the molecule is CCC1(CCNC(=O)CNC(=O)c2cc(C(F)(F)F)ccc2F)C(=O)N(C)C(=O)N1c1ccc(=O)[nH]c1. The van der Waals surface area contributed by atoms with Crippen molar-refractivity contribution in [3.05, 3.63) is 63.8 Å². The molecule has 3 N–H and O–H groups in total. The van der Waals surface area contributed by atoms with Gasteiger partial charge in [-0.05, 0) is 37.1 Å². The van der Waals surface area contributed by atoms with Crippen molar-refractivity contribution in [3.63, 3.8) is 0 Å². The average Bonchev–Trinajstić information content (AvgIpc) is 3.03. The molecule has 0 aliphatic carbocycles. The van der Waals surface area contributed by atoms with Gasteiger partial charge in [0.15, 0.2) is 0 Å². The summed E-state index contributed by atoms with van der Waals surface area (Å²) in [5, 5.41) is 4.51. The van der Waals surface area contributed by atoms with Gasteiger partial charge in [-0.2, -0.15) is 13.2 Å². The second-order valence-electron chi connectivity index (χ2n) is 8.25. The molecule has 3 rings (SSSR count). The quantitative estimate of drug-likeness (QED) is 0.359.